The number of hydrogen-bond acceptors (Lipinski definition) is 4. The van der Waals surface area contributed by atoms with Crippen LogP contribution in [0.15, 0.2) is 61.6 Å². The van der Waals surface area contributed by atoms with Crippen LogP contribution >= 0.6 is 27.7 Å². The summed E-state index contributed by atoms with van der Waals surface area (Å²) in [6, 6.07) is 13.0. The van der Waals surface area contributed by atoms with E-state index in [2.05, 4.69) is 35.1 Å². The molecule has 166 valence electrons. The molecule has 1 aliphatic heterocycles. The van der Waals surface area contributed by atoms with E-state index in [1.807, 2.05) is 24.3 Å². The lowest BCUT2D eigenvalue weighted by molar-refractivity contribution is 0.0948. The van der Waals surface area contributed by atoms with Crippen molar-refractivity contribution >= 4 is 43.6 Å². The molecule has 1 N–H and O–H groups in total. The van der Waals surface area contributed by atoms with Crippen molar-refractivity contribution in [1.82, 2.24) is 9.62 Å². The second-order valence-corrected chi connectivity index (χ2v) is 12.7. The molecular weight excluding hydrogens is 496 g/mol. The van der Waals surface area contributed by atoms with E-state index in [1.165, 1.54) is 11.8 Å². The Kier molecular flexibility index (Phi) is 6.82. The Morgan fingerprint density at radius 2 is 1.71 bits per heavy atom. The molecule has 2 aliphatic rings. The molecular formula is C23H27BrN2O3S2. The Labute approximate surface area is 197 Å². The van der Waals surface area contributed by atoms with Crippen LogP contribution in [0.1, 0.15) is 43.5 Å². The van der Waals surface area contributed by atoms with E-state index < -0.39 is 10.0 Å². The molecule has 2 atom stereocenters. The van der Waals surface area contributed by atoms with Crippen molar-refractivity contribution in [2.24, 2.45) is 11.8 Å². The second-order valence-electron chi connectivity index (χ2n) is 8.73. The Hall–Kier alpha value is -1.35. The largest absolute Gasteiger partial charge is 0.349 e. The SMILES string of the molecule is C[C@@H]1C[C@H](C)CN(S(=O)(=O)c2ccc(Sc3ccc(Br)cc3)c(C(=O)NC3CC3)c2)C1. The molecule has 2 fully saturated rings. The first-order chi connectivity index (χ1) is 14.7. The Balaban J connectivity index is 1.67. The molecule has 1 saturated carbocycles. The maximum absolute atomic E-state index is 13.4. The molecule has 0 spiro atoms. The van der Waals surface area contributed by atoms with Gasteiger partial charge in [0, 0.05) is 33.4 Å². The number of hydrogen-bond donors (Lipinski definition) is 1. The maximum Gasteiger partial charge on any atom is 0.252 e. The van der Waals surface area contributed by atoms with E-state index in [9.17, 15) is 13.2 Å². The van der Waals surface area contributed by atoms with Gasteiger partial charge in [-0.25, -0.2) is 8.42 Å². The van der Waals surface area contributed by atoms with E-state index >= 15 is 0 Å². The number of sulfonamides is 1. The minimum atomic E-state index is -3.65. The molecule has 2 aromatic rings. The van der Waals surface area contributed by atoms with Crippen molar-refractivity contribution in [3.63, 3.8) is 0 Å². The zero-order chi connectivity index (χ0) is 22.2. The van der Waals surface area contributed by atoms with E-state index in [-0.39, 0.29) is 16.8 Å². The molecule has 1 heterocycles. The highest BCUT2D eigenvalue weighted by Gasteiger charge is 2.33. The summed E-state index contributed by atoms with van der Waals surface area (Å²) in [5, 5.41) is 3.01. The molecule has 31 heavy (non-hydrogen) atoms. The summed E-state index contributed by atoms with van der Waals surface area (Å²) in [5.74, 6) is 0.436. The maximum atomic E-state index is 13.4. The number of amides is 1. The first-order valence-electron chi connectivity index (χ1n) is 10.6. The Morgan fingerprint density at radius 3 is 2.32 bits per heavy atom. The third-order valence-corrected chi connectivity index (χ3v) is 9.06. The fraction of sp³-hybridized carbons (Fsp3) is 0.435. The molecule has 1 saturated heterocycles. The third-order valence-electron chi connectivity index (χ3n) is 5.62. The summed E-state index contributed by atoms with van der Waals surface area (Å²) in [6.07, 6.45) is 2.98. The number of rotatable bonds is 6. The van der Waals surface area contributed by atoms with E-state index in [0.717, 1.165) is 33.5 Å². The molecule has 0 aromatic heterocycles. The first-order valence-corrected chi connectivity index (χ1v) is 13.7. The average Bonchev–Trinajstić information content (AvgIpc) is 3.53. The summed E-state index contributed by atoms with van der Waals surface area (Å²) < 4.78 is 29.3. The van der Waals surface area contributed by atoms with Gasteiger partial charge in [-0.3, -0.25) is 4.79 Å². The molecule has 1 aliphatic carbocycles. The number of carbonyl (C=O) groups excluding carboxylic acids is 1. The lowest BCUT2D eigenvalue weighted by Crippen LogP contribution is -2.42. The van der Waals surface area contributed by atoms with Crippen molar-refractivity contribution in [3.05, 3.63) is 52.5 Å². The summed E-state index contributed by atoms with van der Waals surface area (Å²) in [7, 11) is -3.65. The number of carbonyl (C=O) groups is 1. The molecule has 1 amide bonds. The predicted octanol–water partition coefficient (Wildman–Crippen LogP) is 5.16. The van der Waals surface area contributed by atoms with Gasteiger partial charge in [0.05, 0.1) is 10.5 Å². The molecule has 0 bridgehead atoms. The molecule has 0 unspecified atom stereocenters. The zero-order valence-corrected chi connectivity index (χ0v) is 20.9. The van der Waals surface area contributed by atoms with Crippen LogP contribution in [0.3, 0.4) is 0 Å². The van der Waals surface area contributed by atoms with E-state index in [4.69, 9.17) is 0 Å². The number of halogens is 1. The van der Waals surface area contributed by atoms with Gasteiger partial charge in [-0.15, -0.1) is 0 Å². The van der Waals surface area contributed by atoms with Gasteiger partial charge in [0.25, 0.3) is 5.91 Å². The normalized spacial score (nSPS) is 22.3. The molecule has 4 rings (SSSR count). The molecule has 8 heteroatoms. The average molecular weight is 524 g/mol. The lowest BCUT2D eigenvalue weighted by atomic mass is 9.94. The summed E-state index contributed by atoms with van der Waals surface area (Å²) >= 11 is 4.90. The van der Waals surface area contributed by atoms with Crippen molar-refractivity contribution in [2.75, 3.05) is 13.1 Å². The zero-order valence-electron chi connectivity index (χ0n) is 17.7. The van der Waals surface area contributed by atoms with Crippen molar-refractivity contribution in [1.29, 1.82) is 0 Å². The van der Waals surface area contributed by atoms with Crippen LogP contribution in [0, 0.1) is 11.8 Å². The topological polar surface area (TPSA) is 66.5 Å². The number of nitrogens with zero attached hydrogens (tertiary/aromatic N) is 1. The van der Waals surface area contributed by atoms with E-state index in [1.54, 1.807) is 22.5 Å². The lowest BCUT2D eigenvalue weighted by Gasteiger charge is -2.34. The van der Waals surface area contributed by atoms with Gasteiger partial charge in [-0.2, -0.15) is 4.31 Å². The summed E-state index contributed by atoms with van der Waals surface area (Å²) in [6.45, 7) is 5.21. The van der Waals surface area contributed by atoms with Gasteiger partial charge >= 0.3 is 0 Å². The summed E-state index contributed by atoms with van der Waals surface area (Å²) in [5.41, 5.74) is 0.416. The number of benzene rings is 2. The minimum Gasteiger partial charge on any atom is -0.349 e. The smallest absolute Gasteiger partial charge is 0.252 e. The molecule has 0 radical (unpaired) electrons. The van der Waals surface area contributed by atoms with Crippen LogP contribution < -0.4 is 5.32 Å². The van der Waals surface area contributed by atoms with Crippen LogP contribution in [-0.2, 0) is 10.0 Å². The van der Waals surface area contributed by atoms with Crippen LogP contribution in [0.4, 0.5) is 0 Å². The highest BCUT2D eigenvalue weighted by atomic mass is 79.9. The van der Waals surface area contributed by atoms with Crippen molar-refractivity contribution < 1.29 is 13.2 Å². The quantitative estimate of drug-likeness (QED) is 0.568. The Bertz CT molecular complexity index is 1060. The highest BCUT2D eigenvalue weighted by molar-refractivity contribution is 9.10. The third kappa shape index (κ3) is 5.53. The Morgan fingerprint density at radius 1 is 1.06 bits per heavy atom. The van der Waals surface area contributed by atoms with Crippen LogP contribution in [0.25, 0.3) is 0 Å². The second kappa shape index (κ2) is 9.25. The van der Waals surface area contributed by atoms with Gasteiger partial charge in [0.2, 0.25) is 10.0 Å². The fourth-order valence-corrected chi connectivity index (χ4v) is 6.90. The van der Waals surface area contributed by atoms with Crippen molar-refractivity contribution in [2.45, 2.75) is 53.8 Å². The summed E-state index contributed by atoms with van der Waals surface area (Å²) in [4.78, 5) is 14.9. The van der Waals surface area contributed by atoms with Gasteiger partial charge in [0.15, 0.2) is 0 Å². The van der Waals surface area contributed by atoms with Crippen LogP contribution in [0.5, 0.6) is 0 Å². The van der Waals surface area contributed by atoms with Crippen LogP contribution in [0.2, 0.25) is 0 Å². The molecule has 2 aromatic carbocycles. The monoisotopic (exact) mass is 522 g/mol. The van der Waals surface area contributed by atoms with Crippen LogP contribution in [-0.4, -0.2) is 37.8 Å². The van der Waals surface area contributed by atoms with Gasteiger partial charge in [-0.05, 0) is 73.6 Å². The minimum absolute atomic E-state index is 0.190. The van der Waals surface area contributed by atoms with E-state index in [0.29, 0.717) is 30.5 Å². The molecule has 5 nitrogen and oxygen atoms in total. The highest BCUT2D eigenvalue weighted by Crippen LogP contribution is 2.34. The first kappa shape index (κ1) is 22.8. The van der Waals surface area contributed by atoms with Gasteiger partial charge in [0.1, 0.15) is 0 Å². The fourth-order valence-electron chi connectivity index (χ4n) is 4.01. The predicted molar refractivity (Wildman–Crippen MR) is 127 cm³/mol. The van der Waals surface area contributed by atoms with Crippen molar-refractivity contribution in [3.8, 4) is 0 Å². The van der Waals surface area contributed by atoms with Gasteiger partial charge in [-0.1, -0.05) is 41.5 Å². The standard InChI is InChI=1S/C23H27BrN2O3S2/c1-15-11-16(2)14-26(13-15)31(28,29)20-9-10-22(30-19-7-3-17(24)4-8-19)21(12-20)23(27)25-18-5-6-18/h3-4,7-10,12,15-16,18H,5-6,11,13-14H2,1-2H3,(H,25,27)/t15-,16+. The number of piperidine rings is 1. The van der Waals surface area contributed by atoms with Gasteiger partial charge < -0.3 is 5.32 Å². The number of nitrogens with one attached hydrogen (secondary N) is 1.